The highest BCUT2D eigenvalue weighted by Crippen LogP contribution is 2.12. The molecule has 1 amide bonds. The lowest BCUT2D eigenvalue weighted by atomic mass is 10.1. The molecule has 3 nitrogen and oxygen atoms in total. The van der Waals surface area contributed by atoms with Gasteiger partial charge in [-0.05, 0) is 43.2 Å². The number of amides is 1. The lowest BCUT2D eigenvalue weighted by Crippen LogP contribution is -2.29. The SMILES string of the molecule is C/C(=C\c1ccccc1F)C(=O)N(C)CCc1ccncc1. The van der Waals surface area contributed by atoms with E-state index in [2.05, 4.69) is 4.98 Å². The predicted octanol–water partition coefficient (Wildman–Crippen LogP) is 3.33. The summed E-state index contributed by atoms with van der Waals surface area (Å²) in [6.07, 6.45) is 5.82. The first kappa shape index (κ1) is 15.9. The van der Waals surface area contributed by atoms with Gasteiger partial charge in [-0.1, -0.05) is 18.2 Å². The fraction of sp³-hybridized carbons (Fsp3) is 0.222. The van der Waals surface area contributed by atoms with Gasteiger partial charge in [-0.2, -0.15) is 0 Å². The molecule has 22 heavy (non-hydrogen) atoms. The van der Waals surface area contributed by atoms with Gasteiger partial charge in [0.05, 0.1) is 0 Å². The van der Waals surface area contributed by atoms with Crippen LogP contribution in [0.3, 0.4) is 0 Å². The number of benzene rings is 1. The number of hydrogen-bond acceptors (Lipinski definition) is 2. The molecular weight excluding hydrogens is 279 g/mol. The van der Waals surface area contributed by atoms with Crippen LogP contribution in [0.25, 0.3) is 6.08 Å². The lowest BCUT2D eigenvalue weighted by Gasteiger charge is -2.17. The summed E-state index contributed by atoms with van der Waals surface area (Å²) in [5, 5.41) is 0. The molecule has 0 saturated heterocycles. The number of rotatable bonds is 5. The molecule has 0 radical (unpaired) electrons. The Labute approximate surface area is 130 Å². The van der Waals surface area contributed by atoms with Crippen LogP contribution in [0.5, 0.6) is 0 Å². The molecule has 2 aromatic rings. The van der Waals surface area contributed by atoms with Crippen molar-refractivity contribution in [3.63, 3.8) is 0 Å². The molecule has 114 valence electrons. The van der Waals surface area contributed by atoms with Crippen LogP contribution >= 0.6 is 0 Å². The summed E-state index contributed by atoms with van der Waals surface area (Å²) < 4.78 is 13.6. The minimum absolute atomic E-state index is 0.0997. The van der Waals surface area contributed by atoms with Crippen molar-refractivity contribution >= 4 is 12.0 Å². The number of likely N-dealkylation sites (N-methyl/N-ethyl adjacent to an activating group) is 1. The van der Waals surface area contributed by atoms with Crippen molar-refractivity contribution in [2.24, 2.45) is 0 Å². The molecule has 0 atom stereocenters. The van der Waals surface area contributed by atoms with Crippen LogP contribution in [0, 0.1) is 5.82 Å². The van der Waals surface area contributed by atoms with Crippen LogP contribution in [0.15, 0.2) is 54.4 Å². The summed E-state index contributed by atoms with van der Waals surface area (Å²) in [7, 11) is 1.75. The molecule has 0 fully saturated rings. The fourth-order valence-electron chi connectivity index (χ4n) is 2.14. The first-order valence-corrected chi connectivity index (χ1v) is 7.15. The number of halogens is 1. The van der Waals surface area contributed by atoms with Crippen LogP contribution in [-0.2, 0) is 11.2 Å². The van der Waals surface area contributed by atoms with Crippen molar-refractivity contribution in [3.05, 3.63) is 71.3 Å². The maximum atomic E-state index is 13.6. The second kappa shape index (κ2) is 7.50. The molecule has 2 rings (SSSR count). The second-order valence-electron chi connectivity index (χ2n) is 5.18. The summed E-state index contributed by atoms with van der Waals surface area (Å²) in [5.74, 6) is -0.425. The summed E-state index contributed by atoms with van der Waals surface area (Å²) in [6, 6.07) is 10.3. The molecule has 0 N–H and O–H groups in total. The van der Waals surface area contributed by atoms with Crippen LogP contribution in [-0.4, -0.2) is 29.4 Å². The molecule has 0 aliphatic carbocycles. The zero-order chi connectivity index (χ0) is 15.9. The average molecular weight is 298 g/mol. The second-order valence-corrected chi connectivity index (χ2v) is 5.18. The summed E-state index contributed by atoms with van der Waals surface area (Å²) >= 11 is 0. The predicted molar refractivity (Wildman–Crippen MR) is 85.6 cm³/mol. The Morgan fingerprint density at radius 1 is 1.23 bits per heavy atom. The van der Waals surface area contributed by atoms with E-state index in [0.29, 0.717) is 17.7 Å². The molecule has 1 aromatic heterocycles. The Morgan fingerprint density at radius 3 is 2.59 bits per heavy atom. The highest BCUT2D eigenvalue weighted by atomic mass is 19.1. The molecule has 0 bridgehead atoms. The van der Waals surface area contributed by atoms with Gasteiger partial charge in [0.2, 0.25) is 5.91 Å². The van der Waals surface area contributed by atoms with E-state index >= 15 is 0 Å². The van der Waals surface area contributed by atoms with Crippen molar-refractivity contribution in [3.8, 4) is 0 Å². The third-order valence-electron chi connectivity index (χ3n) is 3.45. The van der Waals surface area contributed by atoms with E-state index in [1.807, 2.05) is 12.1 Å². The highest BCUT2D eigenvalue weighted by Gasteiger charge is 2.11. The molecule has 1 aromatic carbocycles. The zero-order valence-corrected chi connectivity index (χ0v) is 12.8. The van der Waals surface area contributed by atoms with E-state index in [9.17, 15) is 9.18 Å². The normalized spacial score (nSPS) is 11.3. The Hall–Kier alpha value is -2.49. The van der Waals surface area contributed by atoms with Gasteiger partial charge in [0.15, 0.2) is 0 Å². The number of pyridine rings is 1. The van der Waals surface area contributed by atoms with E-state index in [4.69, 9.17) is 0 Å². The zero-order valence-electron chi connectivity index (χ0n) is 12.8. The van der Waals surface area contributed by atoms with Crippen LogP contribution in [0.4, 0.5) is 4.39 Å². The van der Waals surface area contributed by atoms with Gasteiger partial charge < -0.3 is 4.90 Å². The minimum Gasteiger partial charge on any atom is -0.342 e. The first-order valence-electron chi connectivity index (χ1n) is 7.15. The Morgan fingerprint density at radius 2 is 1.91 bits per heavy atom. The van der Waals surface area contributed by atoms with Gasteiger partial charge in [-0.25, -0.2) is 4.39 Å². The Kier molecular flexibility index (Phi) is 5.42. The van der Waals surface area contributed by atoms with Crippen molar-refractivity contribution < 1.29 is 9.18 Å². The summed E-state index contributed by atoms with van der Waals surface area (Å²) in [4.78, 5) is 17.9. The number of nitrogens with zero attached hydrogens (tertiary/aromatic N) is 2. The third-order valence-corrected chi connectivity index (χ3v) is 3.45. The number of hydrogen-bond donors (Lipinski definition) is 0. The van der Waals surface area contributed by atoms with Gasteiger partial charge in [-0.15, -0.1) is 0 Å². The molecule has 0 spiro atoms. The van der Waals surface area contributed by atoms with Gasteiger partial charge in [-0.3, -0.25) is 9.78 Å². The van der Waals surface area contributed by atoms with Gasteiger partial charge >= 0.3 is 0 Å². The van der Waals surface area contributed by atoms with Gasteiger partial charge in [0.1, 0.15) is 5.82 Å². The maximum absolute atomic E-state index is 13.6. The molecule has 0 aliphatic heterocycles. The Balaban J connectivity index is 1.99. The molecular formula is C18H19FN2O. The third kappa shape index (κ3) is 4.25. The fourth-order valence-corrected chi connectivity index (χ4v) is 2.14. The van der Waals surface area contributed by atoms with Crippen molar-refractivity contribution in [1.29, 1.82) is 0 Å². The minimum atomic E-state index is -0.325. The van der Waals surface area contributed by atoms with E-state index in [-0.39, 0.29) is 11.7 Å². The van der Waals surface area contributed by atoms with E-state index in [1.165, 1.54) is 6.07 Å². The highest BCUT2D eigenvalue weighted by molar-refractivity contribution is 5.97. The topological polar surface area (TPSA) is 33.2 Å². The quantitative estimate of drug-likeness (QED) is 0.793. The average Bonchev–Trinajstić information content (AvgIpc) is 2.55. The lowest BCUT2D eigenvalue weighted by molar-refractivity contribution is -0.125. The smallest absolute Gasteiger partial charge is 0.249 e. The van der Waals surface area contributed by atoms with Crippen molar-refractivity contribution in [2.45, 2.75) is 13.3 Å². The van der Waals surface area contributed by atoms with E-state index in [1.54, 1.807) is 55.5 Å². The molecule has 1 heterocycles. The molecule has 0 unspecified atom stereocenters. The molecule has 0 saturated carbocycles. The largest absolute Gasteiger partial charge is 0.342 e. The maximum Gasteiger partial charge on any atom is 0.249 e. The van der Waals surface area contributed by atoms with Gasteiger partial charge in [0.25, 0.3) is 0 Å². The molecule has 0 aliphatic rings. The first-order chi connectivity index (χ1) is 10.6. The number of carbonyl (C=O) groups excluding carboxylic acids is 1. The number of carbonyl (C=O) groups is 1. The summed E-state index contributed by atoms with van der Waals surface area (Å²) in [6.45, 7) is 2.31. The van der Waals surface area contributed by atoms with Gasteiger partial charge in [0, 0.05) is 37.1 Å². The molecule has 4 heteroatoms. The van der Waals surface area contributed by atoms with E-state index in [0.717, 1.165) is 12.0 Å². The van der Waals surface area contributed by atoms with E-state index < -0.39 is 0 Å². The van der Waals surface area contributed by atoms with Crippen LogP contribution < -0.4 is 0 Å². The van der Waals surface area contributed by atoms with Crippen LogP contribution in [0.1, 0.15) is 18.1 Å². The van der Waals surface area contributed by atoms with Crippen molar-refractivity contribution in [2.75, 3.05) is 13.6 Å². The standard InChI is InChI=1S/C18H19FN2O/c1-14(13-16-5-3-4-6-17(16)19)18(22)21(2)12-9-15-7-10-20-11-8-15/h3-8,10-11,13H,9,12H2,1-2H3/b14-13+. The van der Waals surface area contributed by atoms with Crippen molar-refractivity contribution in [1.82, 2.24) is 9.88 Å². The number of aromatic nitrogens is 1. The summed E-state index contributed by atoms with van der Waals surface area (Å²) in [5.41, 5.74) is 2.07. The Bertz CT molecular complexity index is 668. The monoisotopic (exact) mass is 298 g/mol. The van der Waals surface area contributed by atoms with Crippen LogP contribution in [0.2, 0.25) is 0 Å².